The molecule has 3 N–H and O–H groups in total. The Balaban J connectivity index is 3.95. The van der Waals surface area contributed by atoms with Crippen LogP contribution in [0.3, 0.4) is 0 Å². The summed E-state index contributed by atoms with van der Waals surface area (Å²) in [4.78, 5) is 0. The summed E-state index contributed by atoms with van der Waals surface area (Å²) in [6.07, 6.45) is 43.6. The topological polar surface area (TPSA) is 69.9 Å². The molecule has 0 aliphatic heterocycles. The van der Waals surface area contributed by atoms with E-state index in [-0.39, 0.29) is 19.8 Å². The Bertz CT molecular complexity index is 504. The van der Waals surface area contributed by atoms with Gasteiger partial charge in [0.05, 0.1) is 25.4 Å². The Labute approximate surface area is 283 Å². The molecule has 0 aromatic heterocycles. The van der Waals surface area contributed by atoms with Crippen molar-refractivity contribution in [1.82, 2.24) is 0 Å². The number of unbranched alkanes of at least 4 members (excludes halogenated alkanes) is 30. The first-order valence-electron chi connectivity index (χ1n) is 20.7. The Morgan fingerprint density at radius 2 is 0.644 bits per heavy atom. The Morgan fingerprint density at radius 1 is 0.400 bits per heavy atom. The maximum atomic E-state index is 10.8. The van der Waals surface area contributed by atoms with Crippen molar-refractivity contribution in [3.05, 3.63) is 0 Å². The highest BCUT2D eigenvalue weighted by Gasteiger charge is 2.37. The van der Waals surface area contributed by atoms with E-state index in [2.05, 4.69) is 13.8 Å². The molecule has 0 rings (SSSR count). The minimum atomic E-state index is -0.878. The Morgan fingerprint density at radius 3 is 0.867 bits per heavy atom. The normalized spacial score (nSPS) is 12.7. The van der Waals surface area contributed by atoms with Crippen LogP contribution in [0.4, 0.5) is 0 Å². The molecule has 0 spiro atoms. The van der Waals surface area contributed by atoms with Gasteiger partial charge in [-0.3, -0.25) is 0 Å². The van der Waals surface area contributed by atoms with Crippen molar-refractivity contribution >= 4 is 0 Å². The molecule has 0 aromatic carbocycles. The molecule has 0 amide bonds. The number of aliphatic hydroxyl groups excluding tert-OH is 3. The molecule has 1 atom stereocenters. The smallest absolute Gasteiger partial charge is 0.106 e. The first kappa shape index (κ1) is 44.8. The molecule has 272 valence electrons. The molecule has 0 radical (unpaired) electrons. The lowest BCUT2D eigenvalue weighted by atomic mass is 9.84. The molecular weight excluding hydrogens is 556 g/mol. The van der Waals surface area contributed by atoms with Gasteiger partial charge in [-0.2, -0.15) is 0 Å². The molecule has 0 saturated carbocycles. The molecule has 45 heavy (non-hydrogen) atoms. The van der Waals surface area contributed by atoms with Crippen LogP contribution < -0.4 is 0 Å². The van der Waals surface area contributed by atoms with Gasteiger partial charge in [0.25, 0.3) is 0 Å². The van der Waals surface area contributed by atoms with Crippen molar-refractivity contribution in [2.45, 2.75) is 244 Å². The van der Waals surface area contributed by atoms with Crippen LogP contribution in [0, 0.1) is 0 Å². The summed E-state index contributed by atoms with van der Waals surface area (Å²) in [7, 11) is 0. The summed E-state index contributed by atoms with van der Waals surface area (Å²) in [6, 6.07) is 0. The average Bonchev–Trinajstić information content (AvgIpc) is 3.06. The van der Waals surface area contributed by atoms with Crippen LogP contribution in [0.5, 0.6) is 0 Å². The highest BCUT2D eigenvalue weighted by molar-refractivity contribution is 4.88. The van der Waals surface area contributed by atoms with Gasteiger partial charge in [-0.15, -0.1) is 0 Å². The van der Waals surface area contributed by atoms with Crippen molar-refractivity contribution in [2.75, 3.05) is 19.8 Å². The van der Waals surface area contributed by atoms with Gasteiger partial charge in [-0.05, 0) is 12.8 Å². The second-order valence-electron chi connectivity index (χ2n) is 14.4. The van der Waals surface area contributed by atoms with Gasteiger partial charge < -0.3 is 20.1 Å². The molecule has 0 aliphatic rings. The summed E-state index contributed by atoms with van der Waals surface area (Å²) in [6.45, 7) is 4.48. The maximum absolute atomic E-state index is 10.8. The van der Waals surface area contributed by atoms with Crippen molar-refractivity contribution in [2.24, 2.45) is 0 Å². The Hall–Kier alpha value is -0.160. The number of rotatable bonds is 39. The van der Waals surface area contributed by atoms with Crippen LogP contribution in [0.25, 0.3) is 0 Å². The van der Waals surface area contributed by atoms with Crippen molar-refractivity contribution in [3.8, 4) is 0 Å². The SMILES string of the molecule is CCCCCCCCCCCCCCCCCCC(CCCCCCCCCCCCCCCCCC)(OCCO)C(O)CO. The highest BCUT2D eigenvalue weighted by atomic mass is 16.5. The number of ether oxygens (including phenoxy) is 1. The molecular formula is C41H84O4. The largest absolute Gasteiger partial charge is 0.394 e. The lowest BCUT2D eigenvalue weighted by Gasteiger charge is -2.38. The van der Waals surface area contributed by atoms with Crippen LogP contribution in [-0.2, 0) is 4.74 Å². The van der Waals surface area contributed by atoms with Gasteiger partial charge >= 0.3 is 0 Å². The molecule has 1 unspecified atom stereocenters. The minimum absolute atomic E-state index is 0.0438. The van der Waals surface area contributed by atoms with E-state index in [0.29, 0.717) is 0 Å². The average molecular weight is 641 g/mol. The van der Waals surface area contributed by atoms with Gasteiger partial charge in [0.2, 0.25) is 0 Å². The maximum Gasteiger partial charge on any atom is 0.106 e. The van der Waals surface area contributed by atoms with Gasteiger partial charge in [-0.1, -0.05) is 219 Å². The minimum Gasteiger partial charge on any atom is -0.394 e. The number of hydrogen-bond acceptors (Lipinski definition) is 4. The summed E-state index contributed by atoms with van der Waals surface area (Å²) >= 11 is 0. The lowest BCUT2D eigenvalue weighted by Crippen LogP contribution is -2.47. The molecule has 0 aliphatic carbocycles. The number of hydrogen-bond donors (Lipinski definition) is 3. The zero-order valence-corrected chi connectivity index (χ0v) is 31.0. The third-order valence-corrected chi connectivity index (χ3v) is 10.2. The fourth-order valence-electron chi connectivity index (χ4n) is 7.06. The standard InChI is InChI=1S/C41H84O4/c1-3-5-7-9-11-13-15-17-19-21-23-25-27-29-31-33-35-41(40(44)39-43,45-38-37-42)36-34-32-30-28-26-24-22-20-18-16-14-12-10-8-6-4-2/h40,42-44H,3-39H2,1-2H3. The van der Waals surface area contributed by atoms with Crippen LogP contribution in [0.1, 0.15) is 232 Å². The molecule has 0 fully saturated rings. The molecule has 0 aromatic rings. The number of aliphatic hydroxyl groups is 3. The van der Waals surface area contributed by atoms with Crippen molar-refractivity contribution < 1.29 is 20.1 Å². The summed E-state index contributed by atoms with van der Waals surface area (Å²) < 4.78 is 6.12. The lowest BCUT2D eigenvalue weighted by molar-refractivity contribution is -0.152. The van der Waals surface area contributed by atoms with E-state index >= 15 is 0 Å². The zero-order valence-electron chi connectivity index (χ0n) is 31.0. The van der Waals surface area contributed by atoms with Crippen LogP contribution in [-0.4, -0.2) is 46.8 Å². The summed E-state index contributed by atoms with van der Waals surface area (Å²) in [5, 5.41) is 30.1. The van der Waals surface area contributed by atoms with Gasteiger partial charge in [0.15, 0.2) is 0 Å². The van der Waals surface area contributed by atoms with E-state index in [1.807, 2.05) is 0 Å². The third kappa shape index (κ3) is 29.7. The highest BCUT2D eigenvalue weighted by Crippen LogP contribution is 2.31. The predicted molar refractivity (Wildman–Crippen MR) is 197 cm³/mol. The van der Waals surface area contributed by atoms with Gasteiger partial charge in [-0.25, -0.2) is 0 Å². The second-order valence-corrected chi connectivity index (χ2v) is 14.4. The van der Waals surface area contributed by atoms with E-state index in [0.717, 1.165) is 38.5 Å². The fraction of sp³-hybridized carbons (Fsp3) is 1.00. The zero-order chi connectivity index (χ0) is 32.9. The van der Waals surface area contributed by atoms with E-state index in [1.54, 1.807) is 0 Å². The molecule has 4 heteroatoms. The van der Waals surface area contributed by atoms with E-state index in [1.165, 1.54) is 180 Å². The quantitative estimate of drug-likeness (QED) is 0.0585. The molecule has 0 heterocycles. The van der Waals surface area contributed by atoms with Crippen LogP contribution >= 0.6 is 0 Å². The summed E-state index contributed by atoms with van der Waals surface area (Å²) in [5.41, 5.74) is -0.719. The van der Waals surface area contributed by atoms with Crippen molar-refractivity contribution in [1.29, 1.82) is 0 Å². The third-order valence-electron chi connectivity index (χ3n) is 10.2. The molecule has 0 bridgehead atoms. The monoisotopic (exact) mass is 641 g/mol. The second kappa shape index (κ2) is 36.7. The van der Waals surface area contributed by atoms with E-state index in [9.17, 15) is 15.3 Å². The molecule has 4 nitrogen and oxygen atoms in total. The summed E-state index contributed by atoms with van der Waals surface area (Å²) in [5.74, 6) is 0. The Kier molecular flexibility index (Phi) is 36.5. The van der Waals surface area contributed by atoms with E-state index < -0.39 is 11.7 Å². The predicted octanol–water partition coefficient (Wildman–Crippen LogP) is 12.4. The van der Waals surface area contributed by atoms with Gasteiger partial charge in [0.1, 0.15) is 6.10 Å². The first-order valence-corrected chi connectivity index (χ1v) is 20.7. The molecule has 0 saturated heterocycles. The van der Waals surface area contributed by atoms with Crippen LogP contribution in [0.2, 0.25) is 0 Å². The van der Waals surface area contributed by atoms with E-state index in [4.69, 9.17) is 4.74 Å². The van der Waals surface area contributed by atoms with Crippen LogP contribution in [0.15, 0.2) is 0 Å². The fourth-order valence-corrected chi connectivity index (χ4v) is 7.06. The first-order chi connectivity index (χ1) is 22.2. The van der Waals surface area contributed by atoms with Crippen molar-refractivity contribution in [3.63, 3.8) is 0 Å². The van der Waals surface area contributed by atoms with Gasteiger partial charge in [0, 0.05) is 0 Å².